The molecular formula is C16H16ClN3O. The zero-order chi connectivity index (χ0) is 14.8. The highest BCUT2D eigenvalue weighted by Gasteiger charge is 2.25. The molecule has 0 fully saturated rings. The maximum Gasteiger partial charge on any atom is 0.253 e. The number of aromatic nitrogens is 1. The summed E-state index contributed by atoms with van der Waals surface area (Å²) in [6.45, 7) is 0.628. The van der Waals surface area contributed by atoms with Crippen LogP contribution in [0.2, 0.25) is 5.02 Å². The number of pyridine rings is 1. The molecule has 0 aliphatic heterocycles. The molecular weight excluding hydrogens is 286 g/mol. The van der Waals surface area contributed by atoms with Crippen molar-refractivity contribution >= 4 is 23.3 Å². The fourth-order valence-electron chi connectivity index (χ4n) is 2.61. The lowest BCUT2D eigenvalue weighted by Crippen LogP contribution is -2.33. The van der Waals surface area contributed by atoms with Gasteiger partial charge in [-0.25, -0.2) is 4.98 Å². The van der Waals surface area contributed by atoms with Gasteiger partial charge in [0, 0.05) is 25.7 Å². The maximum atomic E-state index is 12.2. The average Bonchev–Trinajstić information content (AvgIpc) is 2.48. The van der Waals surface area contributed by atoms with Gasteiger partial charge in [-0.05, 0) is 23.6 Å². The lowest BCUT2D eigenvalue weighted by atomic mass is 9.77. The Morgan fingerprint density at radius 3 is 3.00 bits per heavy atom. The number of nitrogens with zero attached hydrogens (tertiary/aromatic N) is 1. The summed E-state index contributed by atoms with van der Waals surface area (Å²) in [4.78, 5) is 16.3. The first-order valence-electron chi connectivity index (χ1n) is 6.88. The van der Waals surface area contributed by atoms with Gasteiger partial charge >= 0.3 is 0 Å². The number of fused-ring (bicyclic) bond motifs is 1. The van der Waals surface area contributed by atoms with E-state index in [1.807, 2.05) is 12.1 Å². The smallest absolute Gasteiger partial charge is 0.253 e. The molecule has 4 nitrogen and oxygen atoms in total. The van der Waals surface area contributed by atoms with Gasteiger partial charge in [0.05, 0.1) is 10.6 Å². The summed E-state index contributed by atoms with van der Waals surface area (Å²) in [6, 6.07) is 9.99. The van der Waals surface area contributed by atoms with Crippen molar-refractivity contribution in [1.29, 1.82) is 0 Å². The second-order valence-corrected chi connectivity index (χ2v) is 5.52. The van der Waals surface area contributed by atoms with Crippen LogP contribution in [-0.4, -0.2) is 24.5 Å². The number of nitrogens with one attached hydrogen (secondary N) is 2. The van der Waals surface area contributed by atoms with E-state index in [1.165, 1.54) is 17.3 Å². The Morgan fingerprint density at radius 1 is 1.43 bits per heavy atom. The van der Waals surface area contributed by atoms with E-state index >= 15 is 0 Å². The molecule has 1 unspecified atom stereocenters. The Hall–Kier alpha value is -2.07. The normalized spacial score (nSPS) is 15.8. The third-order valence-corrected chi connectivity index (χ3v) is 4.13. The molecule has 1 aliphatic carbocycles. The number of hydrogen-bond donors (Lipinski definition) is 2. The first-order valence-corrected chi connectivity index (χ1v) is 7.26. The Kier molecular flexibility index (Phi) is 3.80. The third-order valence-electron chi connectivity index (χ3n) is 3.83. The molecule has 21 heavy (non-hydrogen) atoms. The van der Waals surface area contributed by atoms with Gasteiger partial charge in [-0.1, -0.05) is 35.9 Å². The van der Waals surface area contributed by atoms with E-state index in [9.17, 15) is 4.79 Å². The fourth-order valence-corrected chi connectivity index (χ4v) is 2.79. The van der Waals surface area contributed by atoms with Crippen molar-refractivity contribution in [1.82, 2.24) is 10.3 Å². The molecule has 1 aromatic carbocycles. The molecule has 2 aromatic rings. The quantitative estimate of drug-likeness (QED) is 0.913. The van der Waals surface area contributed by atoms with E-state index in [1.54, 1.807) is 13.1 Å². The molecule has 1 atom stereocenters. The van der Waals surface area contributed by atoms with Crippen molar-refractivity contribution in [2.24, 2.45) is 0 Å². The summed E-state index contributed by atoms with van der Waals surface area (Å²) in [7, 11) is 1.75. The number of carbonyl (C=O) groups is 1. The zero-order valence-electron chi connectivity index (χ0n) is 11.7. The lowest BCUT2D eigenvalue weighted by molar-refractivity contribution is 0.0950. The van der Waals surface area contributed by atoms with Crippen molar-refractivity contribution in [3.63, 3.8) is 0 Å². The Morgan fingerprint density at radius 2 is 2.24 bits per heavy atom. The summed E-state index contributed by atoms with van der Waals surface area (Å²) < 4.78 is 0. The highest BCUT2D eigenvalue weighted by atomic mass is 35.5. The van der Waals surface area contributed by atoms with Crippen LogP contribution >= 0.6 is 11.6 Å². The van der Waals surface area contributed by atoms with E-state index in [4.69, 9.17) is 11.6 Å². The van der Waals surface area contributed by atoms with Crippen LogP contribution in [-0.2, 0) is 6.42 Å². The number of anilines is 1. The molecule has 1 aliphatic rings. The number of amides is 1. The summed E-state index contributed by atoms with van der Waals surface area (Å²) in [5.41, 5.74) is 3.15. The molecule has 0 saturated heterocycles. The zero-order valence-corrected chi connectivity index (χ0v) is 12.4. The molecule has 0 saturated carbocycles. The van der Waals surface area contributed by atoms with Crippen molar-refractivity contribution in [2.45, 2.75) is 12.3 Å². The highest BCUT2D eigenvalue weighted by Crippen LogP contribution is 2.34. The summed E-state index contributed by atoms with van der Waals surface area (Å²) in [5.74, 6) is 0.858. The van der Waals surface area contributed by atoms with Gasteiger partial charge < -0.3 is 10.6 Å². The second kappa shape index (κ2) is 5.74. The van der Waals surface area contributed by atoms with Gasteiger partial charge in [-0.15, -0.1) is 0 Å². The predicted octanol–water partition coefficient (Wildman–Crippen LogP) is 2.85. The predicted molar refractivity (Wildman–Crippen MR) is 84.0 cm³/mol. The van der Waals surface area contributed by atoms with Crippen LogP contribution in [0.5, 0.6) is 0 Å². The van der Waals surface area contributed by atoms with Crippen LogP contribution in [0.1, 0.15) is 27.4 Å². The molecule has 1 aromatic heterocycles. The SMILES string of the molecule is CNc1cc(C(=O)NCC2Cc3ccccc32)c(Cl)cn1. The molecule has 0 radical (unpaired) electrons. The van der Waals surface area contributed by atoms with E-state index < -0.39 is 0 Å². The average molecular weight is 302 g/mol. The van der Waals surface area contributed by atoms with Gasteiger partial charge in [0.1, 0.15) is 5.82 Å². The third kappa shape index (κ3) is 2.72. The van der Waals surface area contributed by atoms with Gasteiger partial charge in [0.25, 0.3) is 5.91 Å². The van der Waals surface area contributed by atoms with Gasteiger partial charge in [0.2, 0.25) is 0 Å². The van der Waals surface area contributed by atoms with Gasteiger partial charge in [-0.2, -0.15) is 0 Å². The number of carbonyl (C=O) groups excluding carboxylic acids is 1. The number of benzene rings is 1. The van der Waals surface area contributed by atoms with E-state index in [0.29, 0.717) is 28.9 Å². The summed E-state index contributed by atoms with van der Waals surface area (Å²) in [6.07, 6.45) is 2.50. The Balaban J connectivity index is 1.66. The molecule has 3 rings (SSSR count). The fraction of sp³-hybridized carbons (Fsp3) is 0.250. The molecule has 1 amide bonds. The van der Waals surface area contributed by atoms with Crippen LogP contribution in [0.25, 0.3) is 0 Å². The number of hydrogen-bond acceptors (Lipinski definition) is 3. The van der Waals surface area contributed by atoms with Crippen LogP contribution in [0, 0.1) is 0 Å². The first-order chi connectivity index (χ1) is 10.2. The summed E-state index contributed by atoms with van der Waals surface area (Å²) >= 11 is 6.04. The first kappa shape index (κ1) is 13.9. The standard InChI is InChI=1S/C16H16ClN3O/c1-18-15-7-13(14(17)9-19-15)16(21)20-8-11-6-10-4-2-3-5-12(10)11/h2-5,7,9,11H,6,8H2,1H3,(H,18,19)(H,20,21). The highest BCUT2D eigenvalue weighted by molar-refractivity contribution is 6.33. The van der Waals surface area contributed by atoms with Gasteiger partial charge in [0.15, 0.2) is 0 Å². The Bertz CT molecular complexity index is 687. The monoisotopic (exact) mass is 301 g/mol. The van der Waals surface area contributed by atoms with Crippen LogP contribution in [0.3, 0.4) is 0 Å². The van der Waals surface area contributed by atoms with Crippen LogP contribution < -0.4 is 10.6 Å². The van der Waals surface area contributed by atoms with E-state index in [2.05, 4.69) is 27.8 Å². The minimum absolute atomic E-state index is 0.164. The van der Waals surface area contributed by atoms with Crippen molar-refractivity contribution in [3.8, 4) is 0 Å². The molecule has 0 bridgehead atoms. The molecule has 108 valence electrons. The maximum absolute atomic E-state index is 12.2. The molecule has 0 spiro atoms. The molecule has 1 heterocycles. The minimum atomic E-state index is -0.164. The largest absolute Gasteiger partial charge is 0.373 e. The van der Waals surface area contributed by atoms with Crippen LogP contribution in [0.4, 0.5) is 5.82 Å². The number of halogens is 1. The van der Waals surface area contributed by atoms with E-state index in [0.717, 1.165) is 6.42 Å². The topological polar surface area (TPSA) is 54.0 Å². The van der Waals surface area contributed by atoms with E-state index in [-0.39, 0.29) is 5.91 Å². The minimum Gasteiger partial charge on any atom is -0.373 e. The van der Waals surface area contributed by atoms with Gasteiger partial charge in [-0.3, -0.25) is 4.79 Å². The Labute approximate surface area is 128 Å². The molecule has 2 N–H and O–H groups in total. The summed E-state index contributed by atoms with van der Waals surface area (Å²) in [5, 5.41) is 6.22. The lowest BCUT2D eigenvalue weighted by Gasteiger charge is -2.30. The van der Waals surface area contributed by atoms with Crippen molar-refractivity contribution in [2.75, 3.05) is 18.9 Å². The molecule has 5 heteroatoms. The van der Waals surface area contributed by atoms with Crippen LogP contribution in [0.15, 0.2) is 36.5 Å². The van der Waals surface area contributed by atoms with Crippen molar-refractivity contribution < 1.29 is 4.79 Å². The number of rotatable bonds is 4. The second-order valence-electron chi connectivity index (χ2n) is 5.11. The van der Waals surface area contributed by atoms with Crippen molar-refractivity contribution in [3.05, 3.63) is 58.2 Å².